The Morgan fingerprint density at radius 2 is 1.89 bits per heavy atom. The molecule has 4 atom stereocenters. The second-order valence-electron chi connectivity index (χ2n) is 10.3. The molecule has 192 valence electrons. The fourth-order valence-corrected chi connectivity index (χ4v) is 6.46. The number of nitrogens with one attached hydrogen (secondary N) is 1. The Morgan fingerprint density at radius 1 is 1.06 bits per heavy atom. The van der Waals surface area contributed by atoms with E-state index in [0.717, 1.165) is 48.4 Å². The molecule has 0 bridgehead atoms. The number of nitrogens with zero attached hydrogens (tertiary/aromatic N) is 3. The first-order chi connectivity index (χ1) is 17.5. The van der Waals surface area contributed by atoms with Crippen LogP contribution in [0.15, 0.2) is 30.5 Å². The van der Waals surface area contributed by atoms with E-state index in [9.17, 15) is 14.4 Å². The highest BCUT2D eigenvalue weighted by molar-refractivity contribution is 5.93. The van der Waals surface area contributed by atoms with Crippen LogP contribution >= 0.6 is 0 Å². The Bertz CT molecular complexity index is 1150. The number of hydrogen-bond acceptors (Lipinski definition) is 6. The lowest BCUT2D eigenvalue weighted by Gasteiger charge is -2.47. The van der Waals surface area contributed by atoms with E-state index in [4.69, 9.17) is 10.5 Å². The van der Waals surface area contributed by atoms with Gasteiger partial charge in [0.25, 0.3) is 0 Å². The lowest BCUT2D eigenvalue weighted by molar-refractivity contribution is -0.146. The number of nitrogen functional groups attached to an aromatic ring is 1. The van der Waals surface area contributed by atoms with Gasteiger partial charge >= 0.3 is 6.09 Å². The van der Waals surface area contributed by atoms with Crippen LogP contribution in [0.1, 0.15) is 50.5 Å². The molecule has 3 amide bonds. The Hall–Kier alpha value is -3.36. The zero-order valence-corrected chi connectivity index (χ0v) is 20.8. The van der Waals surface area contributed by atoms with Gasteiger partial charge in [-0.2, -0.15) is 0 Å². The number of rotatable bonds is 4. The van der Waals surface area contributed by atoms with E-state index in [0.29, 0.717) is 37.8 Å². The van der Waals surface area contributed by atoms with Crippen molar-refractivity contribution in [2.24, 2.45) is 11.8 Å². The van der Waals surface area contributed by atoms with Crippen LogP contribution < -0.4 is 11.1 Å². The number of benzene rings is 1. The maximum atomic E-state index is 13.9. The predicted molar refractivity (Wildman–Crippen MR) is 136 cm³/mol. The van der Waals surface area contributed by atoms with Crippen molar-refractivity contribution in [2.75, 3.05) is 25.9 Å². The average Bonchev–Trinajstić information content (AvgIpc) is 3.40. The zero-order chi connectivity index (χ0) is 25.2. The number of carbonyl (C=O) groups excluding carboxylic acids is 3. The highest BCUT2D eigenvalue weighted by atomic mass is 16.5. The fraction of sp³-hybridized carbons (Fsp3) is 0.556. The molecule has 3 fully saturated rings. The molecule has 2 aliphatic heterocycles. The molecule has 3 aliphatic rings. The van der Waals surface area contributed by atoms with Crippen molar-refractivity contribution in [3.05, 3.63) is 36.0 Å². The van der Waals surface area contributed by atoms with Gasteiger partial charge in [0.15, 0.2) is 0 Å². The van der Waals surface area contributed by atoms with Crippen LogP contribution in [0.5, 0.6) is 0 Å². The van der Waals surface area contributed by atoms with Gasteiger partial charge in [0.05, 0.1) is 7.11 Å². The molecule has 1 aromatic heterocycles. The summed E-state index contributed by atoms with van der Waals surface area (Å²) < 4.78 is 5.04. The van der Waals surface area contributed by atoms with Crippen LogP contribution in [0.2, 0.25) is 0 Å². The number of carbonyl (C=O) groups is 3. The van der Waals surface area contributed by atoms with Crippen molar-refractivity contribution in [1.82, 2.24) is 20.1 Å². The van der Waals surface area contributed by atoms with Crippen molar-refractivity contribution in [2.45, 2.75) is 63.6 Å². The van der Waals surface area contributed by atoms with Crippen molar-refractivity contribution in [3.63, 3.8) is 0 Å². The van der Waals surface area contributed by atoms with E-state index < -0.39 is 18.2 Å². The number of aromatic nitrogens is 1. The molecule has 9 heteroatoms. The van der Waals surface area contributed by atoms with E-state index in [-0.39, 0.29) is 17.7 Å². The van der Waals surface area contributed by atoms with Gasteiger partial charge < -0.3 is 20.7 Å². The topological polar surface area (TPSA) is 118 Å². The summed E-state index contributed by atoms with van der Waals surface area (Å²) in [5, 5.41) is 4.87. The SMILES string of the molecule is COC(=O)N1CCC2CCCCC2C1C(=O)N1CCC[C@H]1C(=O)NCc1ccc2c(N)nccc2c1. The average molecular weight is 494 g/mol. The quantitative estimate of drug-likeness (QED) is 0.676. The van der Waals surface area contributed by atoms with Crippen LogP contribution in [0.4, 0.5) is 10.6 Å². The summed E-state index contributed by atoms with van der Waals surface area (Å²) in [6.07, 6.45) is 7.78. The zero-order valence-electron chi connectivity index (χ0n) is 20.8. The summed E-state index contributed by atoms with van der Waals surface area (Å²) >= 11 is 0. The molecule has 2 saturated heterocycles. The number of likely N-dealkylation sites (tertiary alicyclic amines) is 2. The number of ether oxygens (including phenoxy) is 1. The Balaban J connectivity index is 1.30. The molecule has 0 spiro atoms. The molecule has 3 heterocycles. The lowest BCUT2D eigenvalue weighted by Crippen LogP contribution is -2.61. The minimum Gasteiger partial charge on any atom is -0.453 e. The molecule has 36 heavy (non-hydrogen) atoms. The Morgan fingerprint density at radius 3 is 2.72 bits per heavy atom. The lowest BCUT2D eigenvalue weighted by atomic mass is 9.70. The van der Waals surface area contributed by atoms with Gasteiger partial charge in [0, 0.05) is 31.2 Å². The maximum Gasteiger partial charge on any atom is 0.410 e. The summed E-state index contributed by atoms with van der Waals surface area (Å²) in [7, 11) is 1.36. The maximum absolute atomic E-state index is 13.9. The molecular weight excluding hydrogens is 458 g/mol. The number of hydrogen-bond donors (Lipinski definition) is 2. The van der Waals surface area contributed by atoms with Gasteiger partial charge in [-0.15, -0.1) is 0 Å². The third-order valence-electron chi connectivity index (χ3n) is 8.28. The summed E-state index contributed by atoms with van der Waals surface area (Å²) in [6.45, 7) is 1.41. The molecule has 1 saturated carbocycles. The molecule has 3 unspecified atom stereocenters. The van der Waals surface area contributed by atoms with Crippen LogP contribution in [0.25, 0.3) is 10.8 Å². The summed E-state index contributed by atoms with van der Waals surface area (Å²) in [5.74, 6) is 0.787. The number of methoxy groups -OCH3 is 1. The minimum absolute atomic E-state index is 0.108. The van der Waals surface area contributed by atoms with Crippen molar-refractivity contribution in [1.29, 1.82) is 0 Å². The van der Waals surface area contributed by atoms with Gasteiger partial charge in [0.1, 0.15) is 17.9 Å². The van der Waals surface area contributed by atoms with Crippen LogP contribution in [-0.4, -0.2) is 65.0 Å². The van der Waals surface area contributed by atoms with Gasteiger partial charge in [0.2, 0.25) is 11.8 Å². The molecule has 2 aromatic rings. The van der Waals surface area contributed by atoms with E-state index >= 15 is 0 Å². The van der Waals surface area contributed by atoms with E-state index in [1.165, 1.54) is 13.5 Å². The molecular formula is C27H35N5O4. The monoisotopic (exact) mass is 493 g/mol. The van der Waals surface area contributed by atoms with E-state index in [1.54, 1.807) is 16.0 Å². The number of nitrogens with two attached hydrogens (primary N) is 1. The van der Waals surface area contributed by atoms with Gasteiger partial charge in [-0.25, -0.2) is 9.78 Å². The summed E-state index contributed by atoms with van der Waals surface area (Å²) in [5.41, 5.74) is 6.89. The first-order valence-electron chi connectivity index (χ1n) is 13.0. The second kappa shape index (κ2) is 10.3. The highest BCUT2D eigenvalue weighted by Gasteiger charge is 2.48. The fourth-order valence-electron chi connectivity index (χ4n) is 6.46. The Kier molecular flexibility index (Phi) is 6.98. The summed E-state index contributed by atoms with van der Waals surface area (Å²) in [6, 6.07) is 6.65. The van der Waals surface area contributed by atoms with E-state index in [2.05, 4.69) is 10.3 Å². The minimum atomic E-state index is -0.551. The standard InChI is InChI=1S/C27H35N5O4/c1-36-27(35)32-14-11-18-5-2-3-6-20(18)23(32)26(34)31-13-4-7-22(31)25(33)30-16-17-8-9-21-19(15-17)10-12-29-24(21)28/h8-10,12,15,18,20,22-23H,2-7,11,13-14,16H2,1H3,(H2,28,29)(H,30,33)/t18?,20?,22-,23?/m0/s1. The molecule has 9 nitrogen and oxygen atoms in total. The van der Waals surface area contributed by atoms with Crippen molar-refractivity contribution < 1.29 is 19.1 Å². The van der Waals surface area contributed by atoms with Gasteiger partial charge in [-0.05, 0) is 60.6 Å². The van der Waals surface area contributed by atoms with Gasteiger partial charge in [-0.1, -0.05) is 31.4 Å². The smallest absolute Gasteiger partial charge is 0.410 e. The summed E-state index contributed by atoms with van der Waals surface area (Å²) in [4.78, 5) is 47.2. The van der Waals surface area contributed by atoms with Crippen molar-refractivity contribution in [3.8, 4) is 0 Å². The number of fused-ring (bicyclic) bond motifs is 2. The molecule has 1 aliphatic carbocycles. The number of pyridine rings is 1. The molecule has 1 aromatic carbocycles. The Labute approximate surface area is 211 Å². The normalized spacial score (nSPS) is 25.9. The third kappa shape index (κ3) is 4.58. The number of anilines is 1. The largest absolute Gasteiger partial charge is 0.453 e. The first-order valence-corrected chi connectivity index (χ1v) is 13.0. The first kappa shape index (κ1) is 24.3. The highest BCUT2D eigenvalue weighted by Crippen LogP contribution is 2.41. The number of amides is 3. The molecule has 5 rings (SSSR count). The third-order valence-corrected chi connectivity index (χ3v) is 8.28. The van der Waals surface area contributed by atoms with Crippen LogP contribution in [0, 0.1) is 11.8 Å². The van der Waals surface area contributed by atoms with Crippen LogP contribution in [-0.2, 0) is 20.9 Å². The van der Waals surface area contributed by atoms with Gasteiger partial charge in [-0.3, -0.25) is 14.5 Å². The predicted octanol–water partition coefficient (Wildman–Crippen LogP) is 3.07. The molecule has 0 radical (unpaired) electrons. The van der Waals surface area contributed by atoms with Crippen LogP contribution in [0.3, 0.4) is 0 Å². The second-order valence-corrected chi connectivity index (χ2v) is 10.3. The number of piperidine rings is 1. The molecule has 3 N–H and O–H groups in total. The van der Waals surface area contributed by atoms with Crippen molar-refractivity contribution >= 4 is 34.5 Å². The van der Waals surface area contributed by atoms with E-state index in [1.807, 2.05) is 24.3 Å².